The Kier molecular flexibility index (Phi) is 3.88. The molecule has 0 amide bonds. The summed E-state index contributed by atoms with van der Waals surface area (Å²) in [5.41, 5.74) is 0.0475. The molecule has 0 aromatic carbocycles. The van der Waals surface area contributed by atoms with Gasteiger partial charge >= 0.3 is 5.97 Å². The molecule has 0 aliphatic rings. The fourth-order valence-electron chi connectivity index (χ4n) is 0.771. The Morgan fingerprint density at radius 2 is 2.36 bits per heavy atom. The lowest BCUT2D eigenvalue weighted by atomic mass is 10.3. The Labute approximate surface area is 86.8 Å². The molecule has 0 spiro atoms. The minimum atomic E-state index is -1.02. The van der Waals surface area contributed by atoms with Crippen molar-refractivity contribution in [2.24, 2.45) is 5.92 Å². The quantitative estimate of drug-likeness (QED) is 0.610. The Morgan fingerprint density at radius 3 is 2.93 bits per heavy atom. The molecule has 0 aliphatic heterocycles. The Balaban J connectivity index is 2.69. The van der Waals surface area contributed by atoms with Crippen LogP contribution in [-0.2, 0) is 0 Å². The van der Waals surface area contributed by atoms with Gasteiger partial charge in [-0.2, -0.15) is 0 Å². The Hall–Kier alpha value is -1.10. The zero-order valence-corrected chi connectivity index (χ0v) is 8.91. The number of hydrogen-bond donors (Lipinski definition) is 1. The summed E-state index contributed by atoms with van der Waals surface area (Å²) < 4.78 is 0. The number of rotatable bonds is 4. The molecule has 76 valence electrons. The van der Waals surface area contributed by atoms with Gasteiger partial charge in [-0.05, 0) is 12.0 Å². The lowest BCUT2D eigenvalue weighted by Crippen LogP contribution is -2.02. The van der Waals surface area contributed by atoms with E-state index in [4.69, 9.17) is 5.11 Å². The summed E-state index contributed by atoms with van der Waals surface area (Å²) in [7, 11) is 0. The molecule has 0 fully saturated rings. The zero-order valence-electron chi connectivity index (χ0n) is 8.10. The van der Waals surface area contributed by atoms with Gasteiger partial charge in [-0.25, -0.2) is 14.8 Å². The van der Waals surface area contributed by atoms with Crippen molar-refractivity contribution >= 4 is 17.7 Å². The maximum atomic E-state index is 10.6. The van der Waals surface area contributed by atoms with Gasteiger partial charge in [0.05, 0.1) is 0 Å². The minimum Gasteiger partial charge on any atom is -0.477 e. The number of aromatic carboxylic acids is 1. The summed E-state index contributed by atoms with van der Waals surface area (Å²) in [5.74, 6) is 0.416. The predicted molar refractivity (Wildman–Crippen MR) is 54.6 cm³/mol. The van der Waals surface area contributed by atoms with E-state index in [1.54, 1.807) is 0 Å². The molecular formula is C9H12N2O2S. The van der Waals surface area contributed by atoms with E-state index < -0.39 is 5.97 Å². The van der Waals surface area contributed by atoms with Gasteiger partial charge in [0.1, 0.15) is 0 Å². The molecule has 0 saturated carbocycles. The normalized spacial score (nSPS) is 10.5. The average Bonchev–Trinajstić information content (AvgIpc) is 2.15. The smallest absolute Gasteiger partial charge is 0.354 e. The molecule has 4 nitrogen and oxygen atoms in total. The minimum absolute atomic E-state index is 0.0475. The lowest BCUT2D eigenvalue weighted by Gasteiger charge is -2.02. The van der Waals surface area contributed by atoms with Crippen molar-refractivity contribution in [3.63, 3.8) is 0 Å². The largest absolute Gasteiger partial charge is 0.477 e. The van der Waals surface area contributed by atoms with Crippen LogP contribution < -0.4 is 0 Å². The molecule has 0 bridgehead atoms. The summed E-state index contributed by atoms with van der Waals surface area (Å²) in [5, 5.41) is 9.21. The van der Waals surface area contributed by atoms with Gasteiger partial charge in [0.25, 0.3) is 0 Å². The van der Waals surface area contributed by atoms with Gasteiger partial charge < -0.3 is 5.11 Å². The van der Waals surface area contributed by atoms with Crippen LogP contribution in [0.5, 0.6) is 0 Å². The van der Waals surface area contributed by atoms with Crippen LogP contribution >= 0.6 is 11.8 Å². The second kappa shape index (κ2) is 4.95. The maximum absolute atomic E-state index is 10.6. The zero-order chi connectivity index (χ0) is 10.6. The average molecular weight is 212 g/mol. The monoisotopic (exact) mass is 212 g/mol. The first-order valence-electron chi connectivity index (χ1n) is 4.28. The third-order valence-electron chi connectivity index (χ3n) is 1.40. The van der Waals surface area contributed by atoms with Crippen molar-refractivity contribution in [3.05, 3.63) is 18.0 Å². The topological polar surface area (TPSA) is 63.1 Å². The standard InChI is InChI=1S/C9H12N2O2S/c1-6(2)5-14-9-10-4-3-7(11-9)8(12)13/h3-4,6H,5H2,1-2H3,(H,12,13). The van der Waals surface area contributed by atoms with Crippen molar-refractivity contribution in [1.29, 1.82) is 0 Å². The van der Waals surface area contributed by atoms with Crippen LogP contribution in [0.25, 0.3) is 0 Å². The molecule has 1 rings (SSSR count). The molecule has 1 aromatic rings. The SMILES string of the molecule is CC(C)CSc1nccc(C(=O)O)n1. The van der Waals surface area contributed by atoms with Crippen molar-refractivity contribution < 1.29 is 9.90 Å². The highest BCUT2D eigenvalue weighted by molar-refractivity contribution is 7.99. The molecule has 14 heavy (non-hydrogen) atoms. The maximum Gasteiger partial charge on any atom is 0.354 e. The van der Waals surface area contributed by atoms with E-state index in [2.05, 4.69) is 23.8 Å². The fraction of sp³-hybridized carbons (Fsp3) is 0.444. The molecular weight excluding hydrogens is 200 g/mol. The van der Waals surface area contributed by atoms with Gasteiger partial charge in [0.15, 0.2) is 10.9 Å². The highest BCUT2D eigenvalue weighted by Crippen LogP contribution is 2.15. The van der Waals surface area contributed by atoms with Crippen LogP contribution in [0.3, 0.4) is 0 Å². The summed E-state index contributed by atoms with van der Waals surface area (Å²) in [4.78, 5) is 18.5. The number of hydrogen-bond acceptors (Lipinski definition) is 4. The Bertz CT molecular complexity index is 328. The molecule has 5 heteroatoms. The number of carbonyl (C=O) groups is 1. The highest BCUT2D eigenvalue weighted by Gasteiger charge is 2.06. The molecule has 0 atom stereocenters. The molecule has 0 aliphatic carbocycles. The summed E-state index contributed by atoms with van der Waals surface area (Å²) in [6.45, 7) is 4.18. The third kappa shape index (κ3) is 3.33. The summed E-state index contributed by atoms with van der Waals surface area (Å²) >= 11 is 1.47. The summed E-state index contributed by atoms with van der Waals surface area (Å²) in [6.07, 6.45) is 1.47. The van der Waals surface area contributed by atoms with Crippen molar-refractivity contribution in [2.45, 2.75) is 19.0 Å². The molecule has 0 saturated heterocycles. The first-order valence-corrected chi connectivity index (χ1v) is 5.27. The summed E-state index contributed by atoms with van der Waals surface area (Å²) in [6, 6.07) is 1.39. The van der Waals surface area contributed by atoms with Crippen LogP contribution in [0.1, 0.15) is 24.3 Å². The van der Waals surface area contributed by atoms with E-state index in [1.807, 2.05) is 0 Å². The van der Waals surface area contributed by atoms with E-state index in [1.165, 1.54) is 24.0 Å². The van der Waals surface area contributed by atoms with E-state index in [0.717, 1.165) is 5.75 Å². The second-order valence-corrected chi connectivity index (χ2v) is 4.22. The number of aromatic nitrogens is 2. The molecule has 0 radical (unpaired) electrons. The first kappa shape index (κ1) is 11.0. The van der Waals surface area contributed by atoms with Crippen LogP contribution in [0.15, 0.2) is 17.4 Å². The van der Waals surface area contributed by atoms with Crippen molar-refractivity contribution in [2.75, 3.05) is 5.75 Å². The van der Waals surface area contributed by atoms with E-state index >= 15 is 0 Å². The second-order valence-electron chi connectivity index (χ2n) is 3.23. The van der Waals surface area contributed by atoms with Gasteiger partial charge in [0.2, 0.25) is 0 Å². The first-order chi connectivity index (χ1) is 6.59. The highest BCUT2D eigenvalue weighted by atomic mass is 32.2. The number of nitrogens with zero attached hydrogens (tertiary/aromatic N) is 2. The third-order valence-corrected chi connectivity index (χ3v) is 2.69. The lowest BCUT2D eigenvalue weighted by molar-refractivity contribution is 0.0689. The van der Waals surface area contributed by atoms with Gasteiger partial charge in [-0.3, -0.25) is 0 Å². The Morgan fingerprint density at radius 1 is 1.64 bits per heavy atom. The van der Waals surface area contributed by atoms with E-state index in [-0.39, 0.29) is 5.69 Å². The molecule has 0 unspecified atom stereocenters. The predicted octanol–water partition coefficient (Wildman–Crippen LogP) is 1.92. The van der Waals surface area contributed by atoms with Crippen LogP contribution in [-0.4, -0.2) is 26.8 Å². The van der Waals surface area contributed by atoms with Crippen LogP contribution in [0, 0.1) is 5.92 Å². The van der Waals surface area contributed by atoms with E-state index in [9.17, 15) is 4.79 Å². The van der Waals surface area contributed by atoms with Crippen molar-refractivity contribution in [3.8, 4) is 0 Å². The molecule has 1 N–H and O–H groups in total. The molecule has 1 heterocycles. The number of carboxylic acid groups (broad SMARTS) is 1. The fourth-order valence-corrected chi connectivity index (χ4v) is 1.55. The van der Waals surface area contributed by atoms with E-state index in [0.29, 0.717) is 11.1 Å². The van der Waals surface area contributed by atoms with Crippen LogP contribution in [0.2, 0.25) is 0 Å². The number of carboxylic acids is 1. The molecule has 1 aromatic heterocycles. The van der Waals surface area contributed by atoms with Crippen molar-refractivity contribution in [1.82, 2.24) is 9.97 Å². The van der Waals surface area contributed by atoms with Crippen LogP contribution in [0.4, 0.5) is 0 Å². The van der Waals surface area contributed by atoms with Gasteiger partial charge in [-0.15, -0.1) is 0 Å². The van der Waals surface area contributed by atoms with Gasteiger partial charge in [-0.1, -0.05) is 25.6 Å². The number of thioether (sulfide) groups is 1. The van der Waals surface area contributed by atoms with Gasteiger partial charge in [0, 0.05) is 11.9 Å².